The molecule has 0 radical (unpaired) electrons. The van der Waals surface area contributed by atoms with E-state index in [0.717, 1.165) is 34.1 Å². The van der Waals surface area contributed by atoms with E-state index in [9.17, 15) is 4.79 Å². The smallest absolute Gasteiger partial charge is 0.231 e. The average Bonchev–Trinajstić information content (AvgIpc) is 3.13. The SMILES string of the molecule is CC(NC(=O)CCc1ccc2c(c1)OCO2)c1ccc2c(c1)OCCO2. The van der Waals surface area contributed by atoms with E-state index in [-0.39, 0.29) is 18.7 Å². The zero-order chi connectivity index (χ0) is 17.9. The fourth-order valence-corrected chi connectivity index (χ4v) is 3.08. The van der Waals surface area contributed by atoms with Crippen molar-refractivity contribution in [3.05, 3.63) is 47.5 Å². The molecule has 2 aromatic carbocycles. The van der Waals surface area contributed by atoms with Gasteiger partial charge >= 0.3 is 0 Å². The minimum absolute atomic E-state index is 0.00468. The van der Waals surface area contributed by atoms with Crippen LogP contribution in [0.5, 0.6) is 23.0 Å². The molecule has 6 heteroatoms. The van der Waals surface area contributed by atoms with Gasteiger partial charge in [-0.25, -0.2) is 0 Å². The molecule has 2 aromatic rings. The maximum atomic E-state index is 12.3. The van der Waals surface area contributed by atoms with Gasteiger partial charge in [0.15, 0.2) is 23.0 Å². The van der Waals surface area contributed by atoms with Crippen molar-refractivity contribution in [2.24, 2.45) is 0 Å². The second-order valence-electron chi connectivity index (χ2n) is 6.38. The van der Waals surface area contributed by atoms with E-state index >= 15 is 0 Å². The predicted octanol–water partition coefficient (Wildman–Crippen LogP) is 3.00. The Bertz CT molecular complexity index is 820. The summed E-state index contributed by atoms with van der Waals surface area (Å²) in [6, 6.07) is 11.4. The van der Waals surface area contributed by atoms with Crippen molar-refractivity contribution >= 4 is 5.91 Å². The molecule has 0 aromatic heterocycles. The summed E-state index contributed by atoms with van der Waals surface area (Å²) in [5.41, 5.74) is 2.04. The summed E-state index contributed by atoms with van der Waals surface area (Å²) in [6.07, 6.45) is 1.06. The zero-order valence-electron chi connectivity index (χ0n) is 14.6. The molecule has 136 valence electrons. The number of amides is 1. The number of rotatable bonds is 5. The average molecular weight is 355 g/mol. The third kappa shape index (κ3) is 3.54. The van der Waals surface area contributed by atoms with Gasteiger partial charge in [0.1, 0.15) is 13.2 Å². The molecule has 2 aliphatic heterocycles. The number of hydrogen-bond acceptors (Lipinski definition) is 5. The topological polar surface area (TPSA) is 66.0 Å². The van der Waals surface area contributed by atoms with Crippen LogP contribution in [0.1, 0.15) is 30.5 Å². The lowest BCUT2D eigenvalue weighted by Gasteiger charge is -2.21. The van der Waals surface area contributed by atoms with Crippen LogP contribution in [-0.4, -0.2) is 25.9 Å². The highest BCUT2D eigenvalue weighted by Crippen LogP contribution is 2.33. The number of ether oxygens (including phenoxy) is 4. The van der Waals surface area contributed by atoms with Crippen molar-refractivity contribution in [1.82, 2.24) is 5.32 Å². The monoisotopic (exact) mass is 355 g/mol. The van der Waals surface area contributed by atoms with Crippen LogP contribution in [-0.2, 0) is 11.2 Å². The lowest BCUT2D eigenvalue weighted by Crippen LogP contribution is -2.27. The molecule has 0 spiro atoms. The minimum atomic E-state index is -0.102. The van der Waals surface area contributed by atoms with Gasteiger partial charge in [-0.05, 0) is 48.7 Å². The maximum absolute atomic E-state index is 12.3. The van der Waals surface area contributed by atoms with Crippen LogP contribution < -0.4 is 24.3 Å². The van der Waals surface area contributed by atoms with Gasteiger partial charge in [0.2, 0.25) is 12.7 Å². The Balaban J connectivity index is 1.33. The summed E-state index contributed by atoms with van der Waals surface area (Å²) >= 11 is 0. The number of carbonyl (C=O) groups excluding carboxylic acids is 1. The summed E-state index contributed by atoms with van der Waals surface area (Å²) < 4.78 is 21.8. The molecule has 1 atom stereocenters. The van der Waals surface area contributed by atoms with Gasteiger partial charge in [-0.15, -0.1) is 0 Å². The highest BCUT2D eigenvalue weighted by atomic mass is 16.7. The van der Waals surface area contributed by atoms with E-state index in [1.807, 2.05) is 43.3 Å². The van der Waals surface area contributed by atoms with Crippen LogP contribution in [0, 0.1) is 0 Å². The van der Waals surface area contributed by atoms with Crippen molar-refractivity contribution in [1.29, 1.82) is 0 Å². The van der Waals surface area contributed by atoms with Gasteiger partial charge in [-0.1, -0.05) is 12.1 Å². The lowest BCUT2D eigenvalue weighted by molar-refractivity contribution is -0.121. The molecule has 2 heterocycles. The summed E-state index contributed by atoms with van der Waals surface area (Å²) in [7, 11) is 0. The summed E-state index contributed by atoms with van der Waals surface area (Å²) in [4.78, 5) is 12.3. The number of carbonyl (C=O) groups is 1. The lowest BCUT2D eigenvalue weighted by atomic mass is 10.1. The normalized spacial score (nSPS) is 15.4. The van der Waals surface area contributed by atoms with Crippen molar-refractivity contribution < 1.29 is 23.7 Å². The van der Waals surface area contributed by atoms with E-state index in [1.54, 1.807) is 0 Å². The molecule has 1 amide bonds. The Kier molecular flexibility index (Phi) is 4.56. The molecule has 0 saturated carbocycles. The van der Waals surface area contributed by atoms with Crippen LogP contribution in [0.15, 0.2) is 36.4 Å². The van der Waals surface area contributed by atoms with E-state index in [2.05, 4.69) is 5.32 Å². The van der Waals surface area contributed by atoms with Crippen molar-refractivity contribution in [2.45, 2.75) is 25.8 Å². The third-order valence-corrected chi connectivity index (χ3v) is 4.52. The molecule has 0 saturated heterocycles. The molecule has 26 heavy (non-hydrogen) atoms. The zero-order valence-corrected chi connectivity index (χ0v) is 14.6. The standard InChI is InChI=1S/C20H21NO5/c1-13(15-4-6-16-19(11-15)24-9-8-23-16)21-20(22)7-3-14-2-5-17-18(10-14)26-12-25-17/h2,4-6,10-11,13H,3,7-9,12H2,1H3,(H,21,22). The fraction of sp³-hybridized carbons (Fsp3) is 0.350. The predicted molar refractivity (Wildman–Crippen MR) is 94.9 cm³/mol. The van der Waals surface area contributed by atoms with Gasteiger partial charge in [0.25, 0.3) is 0 Å². The molecule has 1 unspecified atom stereocenters. The molecular formula is C20H21NO5. The number of aryl methyl sites for hydroxylation is 1. The van der Waals surface area contributed by atoms with Crippen LogP contribution in [0.2, 0.25) is 0 Å². The highest BCUT2D eigenvalue weighted by Gasteiger charge is 2.17. The van der Waals surface area contributed by atoms with Gasteiger partial charge in [0, 0.05) is 6.42 Å². The van der Waals surface area contributed by atoms with Gasteiger partial charge in [-0.2, -0.15) is 0 Å². The van der Waals surface area contributed by atoms with Crippen molar-refractivity contribution in [2.75, 3.05) is 20.0 Å². The Morgan fingerprint density at radius 3 is 2.54 bits per heavy atom. The number of nitrogens with one attached hydrogen (secondary N) is 1. The Morgan fingerprint density at radius 1 is 0.962 bits per heavy atom. The molecular weight excluding hydrogens is 334 g/mol. The summed E-state index contributed by atoms with van der Waals surface area (Å²) in [5.74, 6) is 2.99. The number of hydrogen-bond donors (Lipinski definition) is 1. The molecule has 0 bridgehead atoms. The first-order valence-corrected chi connectivity index (χ1v) is 8.76. The number of fused-ring (bicyclic) bond motifs is 2. The van der Waals surface area contributed by atoms with E-state index < -0.39 is 0 Å². The molecule has 0 fully saturated rings. The van der Waals surface area contributed by atoms with Crippen molar-refractivity contribution in [3.63, 3.8) is 0 Å². The quantitative estimate of drug-likeness (QED) is 0.893. The van der Waals surface area contributed by atoms with Gasteiger partial charge < -0.3 is 24.3 Å². The van der Waals surface area contributed by atoms with E-state index in [1.165, 1.54) is 0 Å². The van der Waals surface area contributed by atoms with E-state index in [0.29, 0.717) is 26.1 Å². The minimum Gasteiger partial charge on any atom is -0.486 e. The van der Waals surface area contributed by atoms with Crippen LogP contribution in [0.3, 0.4) is 0 Å². The summed E-state index contributed by atoms with van der Waals surface area (Å²) in [6.45, 7) is 3.33. The first-order valence-electron chi connectivity index (χ1n) is 8.76. The van der Waals surface area contributed by atoms with Crippen molar-refractivity contribution in [3.8, 4) is 23.0 Å². The molecule has 6 nitrogen and oxygen atoms in total. The highest BCUT2D eigenvalue weighted by molar-refractivity contribution is 5.76. The number of benzene rings is 2. The Hall–Kier alpha value is -2.89. The Morgan fingerprint density at radius 2 is 1.65 bits per heavy atom. The third-order valence-electron chi connectivity index (χ3n) is 4.52. The maximum Gasteiger partial charge on any atom is 0.231 e. The van der Waals surface area contributed by atoms with Crippen LogP contribution >= 0.6 is 0 Å². The first-order chi connectivity index (χ1) is 12.7. The van der Waals surface area contributed by atoms with Crippen LogP contribution in [0.4, 0.5) is 0 Å². The fourth-order valence-electron chi connectivity index (χ4n) is 3.08. The molecule has 1 N–H and O–H groups in total. The van der Waals surface area contributed by atoms with E-state index in [4.69, 9.17) is 18.9 Å². The first kappa shape index (κ1) is 16.6. The largest absolute Gasteiger partial charge is 0.486 e. The van der Waals surface area contributed by atoms with Gasteiger partial charge in [-0.3, -0.25) is 4.79 Å². The molecule has 0 aliphatic carbocycles. The second kappa shape index (κ2) is 7.15. The molecule has 2 aliphatic rings. The summed E-state index contributed by atoms with van der Waals surface area (Å²) in [5, 5.41) is 3.03. The van der Waals surface area contributed by atoms with Crippen LogP contribution in [0.25, 0.3) is 0 Å². The second-order valence-corrected chi connectivity index (χ2v) is 6.38. The van der Waals surface area contributed by atoms with Gasteiger partial charge in [0.05, 0.1) is 6.04 Å². The Labute approximate surface area is 152 Å². The molecule has 4 rings (SSSR count).